The van der Waals surface area contributed by atoms with Crippen LogP contribution in [0, 0.1) is 5.92 Å². The van der Waals surface area contributed by atoms with Crippen LogP contribution in [-0.4, -0.2) is 23.2 Å². The monoisotopic (exact) mass is 225 g/mol. The molecular weight excluding hydrogens is 206 g/mol. The van der Waals surface area contributed by atoms with Gasteiger partial charge in [-0.25, -0.2) is 0 Å². The van der Waals surface area contributed by atoms with Gasteiger partial charge in [0.1, 0.15) is 0 Å². The SMILES string of the molecule is CCC(C)C(C)(O)CNC(=O)c1ccco1. The second-order valence-corrected chi connectivity index (χ2v) is 4.33. The van der Waals surface area contributed by atoms with Crippen LogP contribution in [0.4, 0.5) is 0 Å². The number of nitrogens with one attached hydrogen (secondary N) is 1. The summed E-state index contributed by atoms with van der Waals surface area (Å²) < 4.78 is 4.95. The zero-order valence-corrected chi connectivity index (χ0v) is 9.99. The lowest BCUT2D eigenvalue weighted by Gasteiger charge is -2.29. The van der Waals surface area contributed by atoms with Crippen molar-refractivity contribution in [3.63, 3.8) is 0 Å². The first kappa shape index (κ1) is 12.8. The Labute approximate surface area is 95.7 Å². The fraction of sp³-hybridized carbons (Fsp3) is 0.583. The van der Waals surface area contributed by atoms with E-state index in [0.717, 1.165) is 6.42 Å². The summed E-state index contributed by atoms with van der Waals surface area (Å²) in [5.41, 5.74) is -0.892. The Bertz CT molecular complexity index is 330. The molecule has 1 aromatic rings. The Morgan fingerprint density at radius 1 is 1.69 bits per heavy atom. The third kappa shape index (κ3) is 3.10. The van der Waals surface area contributed by atoms with E-state index in [4.69, 9.17) is 4.42 Å². The van der Waals surface area contributed by atoms with Gasteiger partial charge in [0.25, 0.3) is 5.91 Å². The van der Waals surface area contributed by atoms with Gasteiger partial charge in [-0.1, -0.05) is 20.3 Å². The van der Waals surface area contributed by atoms with Gasteiger partial charge in [0.2, 0.25) is 0 Å². The summed E-state index contributed by atoms with van der Waals surface area (Å²) in [6, 6.07) is 3.25. The molecule has 0 aliphatic carbocycles. The highest BCUT2D eigenvalue weighted by Gasteiger charge is 2.27. The van der Waals surface area contributed by atoms with Crippen LogP contribution < -0.4 is 5.32 Å². The zero-order valence-electron chi connectivity index (χ0n) is 9.99. The lowest BCUT2D eigenvalue weighted by molar-refractivity contribution is 0.00569. The Hall–Kier alpha value is -1.29. The highest BCUT2D eigenvalue weighted by atomic mass is 16.3. The first-order valence-electron chi connectivity index (χ1n) is 5.51. The van der Waals surface area contributed by atoms with Crippen molar-refractivity contribution < 1.29 is 14.3 Å². The van der Waals surface area contributed by atoms with Crippen molar-refractivity contribution in [1.29, 1.82) is 0 Å². The molecule has 0 spiro atoms. The predicted molar refractivity (Wildman–Crippen MR) is 61.1 cm³/mol. The van der Waals surface area contributed by atoms with Crippen LogP contribution in [0.3, 0.4) is 0 Å². The topological polar surface area (TPSA) is 62.5 Å². The molecule has 90 valence electrons. The molecule has 0 radical (unpaired) electrons. The van der Waals surface area contributed by atoms with Crippen LogP contribution in [0.15, 0.2) is 22.8 Å². The van der Waals surface area contributed by atoms with Crippen LogP contribution in [0.5, 0.6) is 0 Å². The minimum atomic E-state index is -0.892. The van der Waals surface area contributed by atoms with E-state index < -0.39 is 5.60 Å². The van der Waals surface area contributed by atoms with E-state index in [1.165, 1.54) is 6.26 Å². The highest BCUT2D eigenvalue weighted by molar-refractivity contribution is 5.91. The fourth-order valence-electron chi connectivity index (χ4n) is 1.37. The quantitative estimate of drug-likeness (QED) is 0.803. The maximum Gasteiger partial charge on any atom is 0.287 e. The number of rotatable bonds is 5. The van der Waals surface area contributed by atoms with Gasteiger partial charge >= 0.3 is 0 Å². The highest BCUT2D eigenvalue weighted by Crippen LogP contribution is 2.18. The van der Waals surface area contributed by atoms with Gasteiger partial charge in [0, 0.05) is 6.54 Å². The van der Waals surface area contributed by atoms with Crippen LogP contribution in [0.25, 0.3) is 0 Å². The number of hydrogen-bond acceptors (Lipinski definition) is 3. The third-order valence-electron chi connectivity index (χ3n) is 3.03. The number of hydrogen-bond donors (Lipinski definition) is 2. The Kier molecular flexibility index (Phi) is 4.12. The number of carbonyl (C=O) groups is 1. The molecular formula is C12H19NO3. The van der Waals surface area contributed by atoms with Crippen molar-refractivity contribution in [2.24, 2.45) is 5.92 Å². The molecule has 0 aliphatic heterocycles. The van der Waals surface area contributed by atoms with Gasteiger partial charge < -0.3 is 14.8 Å². The molecule has 2 unspecified atom stereocenters. The molecule has 16 heavy (non-hydrogen) atoms. The first-order valence-corrected chi connectivity index (χ1v) is 5.51. The molecule has 1 amide bonds. The summed E-state index contributed by atoms with van der Waals surface area (Å²) in [5, 5.41) is 12.7. The van der Waals surface area contributed by atoms with Crippen molar-refractivity contribution in [3.05, 3.63) is 24.2 Å². The maximum absolute atomic E-state index is 11.5. The molecule has 4 nitrogen and oxygen atoms in total. The number of amides is 1. The van der Waals surface area contributed by atoms with E-state index in [1.54, 1.807) is 19.1 Å². The van der Waals surface area contributed by atoms with Crippen molar-refractivity contribution in [3.8, 4) is 0 Å². The van der Waals surface area contributed by atoms with Crippen molar-refractivity contribution in [2.45, 2.75) is 32.8 Å². The molecule has 0 bridgehead atoms. The van der Waals surface area contributed by atoms with E-state index in [2.05, 4.69) is 5.32 Å². The third-order valence-corrected chi connectivity index (χ3v) is 3.03. The summed E-state index contributed by atoms with van der Waals surface area (Å²) >= 11 is 0. The van der Waals surface area contributed by atoms with E-state index in [0.29, 0.717) is 0 Å². The van der Waals surface area contributed by atoms with Crippen LogP contribution in [0.2, 0.25) is 0 Å². The Balaban J connectivity index is 2.48. The average molecular weight is 225 g/mol. The molecule has 2 N–H and O–H groups in total. The fourth-order valence-corrected chi connectivity index (χ4v) is 1.37. The molecule has 1 heterocycles. The summed E-state index contributed by atoms with van der Waals surface area (Å²) in [4.78, 5) is 11.5. The molecule has 0 saturated carbocycles. The first-order chi connectivity index (χ1) is 7.47. The second-order valence-electron chi connectivity index (χ2n) is 4.33. The summed E-state index contributed by atoms with van der Waals surface area (Å²) in [7, 11) is 0. The van der Waals surface area contributed by atoms with Gasteiger partial charge in [-0.05, 0) is 25.0 Å². The van der Waals surface area contributed by atoms with E-state index >= 15 is 0 Å². The van der Waals surface area contributed by atoms with Crippen molar-refractivity contribution in [1.82, 2.24) is 5.32 Å². The van der Waals surface area contributed by atoms with Crippen molar-refractivity contribution >= 4 is 5.91 Å². The largest absolute Gasteiger partial charge is 0.459 e. The number of aliphatic hydroxyl groups is 1. The minimum absolute atomic E-state index is 0.129. The lowest BCUT2D eigenvalue weighted by atomic mass is 9.88. The number of furan rings is 1. The maximum atomic E-state index is 11.5. The van der Waals surface area contributed by atoms with Crippen LogP contribution in [0.1, 0.15) is 37.7 Å². The van der Waals surface area contributed by atoms with Gasteiger partial charge in [0.05, 0.1) is 11.9 Å². The molecule has 2 atom stereocenters. The molecule has 0 aliphatic rings. The van der Waals surface area contributed by atoms with E-state index in [9.17, 15) is 9.90 Å². The second kappa shape index (κ2) is 5.16. The molecule has 0 aromatic carbocycles. The molecule has 1 aromatic heterocycles. The molecule has 0 fully saturated rings. The van der Waals surface area contributed by atoms with E-state index in [-0.39, 0.29) is 24.1 Å². The Morgan fingerprint density at radius 2 is 2.38 bits per heavy atom. The molecule has 4 heteroatoms. The molecule has 0 saturated heterocycles. The normalized spacial score (nSPS) is 16.5. The molecule has 1 rings (SSSR count). The van der Waals surface area contributed by atoms with Crippen LogP contribution in [-0.2, 0) is 0 Å². The number of carbonyl (C=O) groups excluding carboxylic acids is 1. The summed E-state index contributed by atoms with van der Waals surface area (Å²) in [5.74, 6) is 0.0953. The zero-order chi connectivity index (χ0) is 12.2. The summed E-state index contributed by atoms with van der Waals surface area (Å²) in [6.07, 6.45) is 2.31. The van der Waals surface area contributed by atoms with Crippen molar-refractivity contribution in [2.75, 3.05) is 6.54 Å². The average Bonchev–Trinajstić information content (AvgIpc) is 2.78. The Morgan fingerprint density at radius 3 is 2.88 bits per heavy atom. The van der Waals surface area contributed by atoms with Crippen LogP contribution >= 0.6 is 0 Å². The van der Waals surface area contributed by atoms with Gasteiger partial charge in [-0.2, -0.15) is 0 Å². The predicted octanol–water partition coefficient (Wildman–Crippen LogP) is 1.81. The van der Waals surface area contributed by atoms with Gasteiger partial charge in [-0.15, -0.1) is 0 Å². The van der Waals surface area contributed by atoms with E-state index in [1.807, 2.05) is 13.8 Å². The summed E-state index contributed by atoms with van der Waals surface area (Å²) in [6.45, 7) is 5.91. The lowest BCUT2D eigenvalue weighted by Crippen LogP contribution is -2.45. The minimum Gasteiger partial charge on any atom is -0.459 e. The van der Waals surface area contributed by atoms with Gasteiger partial charge in [0.15, 0.2) is 5.76 Å². The van der Waals surface area contributed by atoms with Gasteiger partial charge in [-0.3, -0.25) is 4.79 Å². The standard InChI is InChI=1S/C12H19NO3/c1-4-9(2)12(3,15)8-13-11(14)10-6-5-7-16-10/h5-7,9,15H,4,8H2,1-3H3,(H,13,14). The smallest absolute Gasteiger partial charge is 0.287 e.